The predicted molar refractivity (Wildman–Crippen MR) is 103 cm³/mol. The Morgan fingerprint density at radius 3 is 2.56 bits per heavy atom. The van der Waals surface area contributed by atoms with E-state index in [1.807, 2.05) is 54.6 Å². The van der Waals surface area contributed by atoms with E-state index >= 15 is 0 Å². The van der Waals surface area contributed by atoms with Crippen LogP contribution in [0.4, 0.5) is 0 Å². The van der Waals surface area contributed by atoms with Crippen LogP contribution < -0.4 is 0 Å². The second kappa shape index (κ2) is 8.98. The number of carbonyl (C=O) groups excluding carboxylic acids is 1. The Bertz CT molecular complexity index is 839. The Kier molecular flexibility index (Phi) is 6.43. The molecule has 1 aliphatic rings. The van der Waals surface area contributed by atoms with E-state index < -0.39 is 25.9 Å². The van der Waals surface area contributed by atoms with Crippen molar-refractivity contribution in [2.75, 3.05) is 12.7 Å². The molecular formula is C20H22NO5P. The van der Waals surface area contributed by atoms with Crippen LogP contribution in [0.5, 0.6) is 0 Å². The van der Waals surface area contributed by atoms with E-state index in [0.717, 1.165) is 16.7 Å². The quantitative estimate of drug-likeness (QED) is 0.736. The molecule has 0 aromatic heterocycles. The SMILES string of the molecule is O=C(O)[C@@H]1CCCN1C(=O)C[PH](=O)OCc1ccccc1-c1ccccc1. The molecule has 1 fully saturated rings. The minimum absolute atomic E-state index is 0.137. The minimum atomic E-state index is -2.60. The molecule has 27 heavy (non-hydrogen) atoms. The first-order chi connectivity index (χ1) is 13.1. The molecule has 6 nitrogen and oxygen atoms in total. The molecule has 3 rings (SSSR count). The number of amides is 1. The summed E-state index contributed by atoms with van der Waals surface area (Å²) in [7, 11) is -2.60. The van der Waals surface area contributed by atoms with E-state index in [-0.39, 0.29) is 12.8 Å². The third kappa shape index (κ3) is 4.85. The van der Waals surface area contributed by atoms with E-state index in [1.54, 1.807) is 0 Å². The number of likely N-dealkylation sites (tertiary alicyclic amines) is 1. The molecule has 1 unspecified atom stereocenters. The van der Waals surface area contributed by atoms with Gasteiger partial charge in [0.25, 0.3) is 0 Å². The van der Waals surface area contributed by atoms with Crippen LogP contribution in [0.2, 0.25) is 0 Å². The van der Waals surface area contributed by atoms with Gasteiger partial charge in [0.1, 0.15) is 12.2 Å². The van der Waals surface area contributed by atoms with Crippen LogP contribution in [0.3, 0.4) is 0 Å². The fourth-order valence-electron chi connectivity index (χ4n) is 3.30. The number of rotatable bonds is 7. The number of carboxylic acid groups (broad SMARTS) is 1. The lowest BCUT2D eigenvalue weighted by molar-refractivity contribution is -0.147. The molecule has 0 saturated carbocycles. The molecule has 0 bridgehead atoms. The maximum Gasteiger partial charge on any atom is 0.326 e. The van der Waals surface area contributed by atoms with E-state index in [9.17, 15) is 14.2 Å². The van der Waals surface area contributed by atoms with E-state index in [0.29, 0.717) is 19.4 Å². The molecule has 0 spiro atoms. The van der Waals surface area contributed by atoms with Crippen LogP contribution in [0.15, 0.2) is 54.6 Å². The topological polar surface area (TPSA) is 83.9 Å². The summed E-state index contributed by atoms with van der Waals surface area (Å²) in [5.41, 5.74) is 2.91. The Balaban J connectivity index is 1.60. The number of aliphatic carboxylic acids is 1. The standard InChI is InChI=1S/C20H22NO5P/c22-19(21-12-6-11-18(21)20(23)24)14-27(25)26-13-16-9-4-5-10-17(16)15-7-2-1-3-8-15/h1-5,7-10,18,27H,6,11-14H2,(H,23,24)/t18-/m0/s1. The maximum absolute atomic E-state index is 12.3. The zero-order chi connectivity index (χ0) is 19.2. The highest BCUT2D eigenvalue weighted by Crippen LogP contribution is 2.30. The normalized spacial score (nSPS) is 17.6. The molecule has 0 radical (unpaired) electrons. The van der Waals surface area contributed by atoms with Gasteiger partial charge in [0.15, 0.2) is 0 Å². The summed E-state index contributed by atoms with van der Waals surface area (Å²) in [5, 5.41) is 9.16. The van der Waals surface area contributed by atoms with E-state index in [4.69, 9.17) is 9.63 Å². The van der Waals surface area contributed by atoms with E-state index in [1.165, 1.54) is 4.90 Å². The first-order valence-electron chi connectivity index (χ1n) is 8.87. The fraction of sp³-hybridized carbons (Fsp3) is 0.300. The molecule has 2 aromatic rings. The first kappa shape index (κ1) is 19.3. The van der Waals surface area contributed by atoms with Gasteiger partial charge >= 0.3 is 5.97 Å². The molecule has 1 saturated heterocycles. The molecule has 7 heteroatoms. The Morgan fingerprint density at radius 2 is 1.81 bits per heavy atom. The van der Waals surface area contributed by atoms with Gasteiger partial charge in [-0.1, -0.05) is 54.6 Å². The molecule has 2 aromatic carbocycles. The maximum atomic E-state index is 12.3. The van der Waals surface area contributed by atoms with Crippen LogP contribution in [0.1, 0.15) is 18.4 Å². The van der Waals surface area contributed by atoms with Crippen molar-refractivity contribution in [1.29, 1.82) is 0 Å². The number of benzene rings is 2. The van der Waals surface area contributed by atoms with Gasteiger partial charge in [-0.15, -0.1) is 0 Å². The second-order valence-corrected chi connectivity index (χ2v) is 7.83. The largest absolute Gasteiger partial charge is 0.480 e. The predicted octanol–water partition coefficient (Wildman–Crippen LogP) is 3.42. The van der Waals surface area contributed by atoms with Crippen molar-refractivity contribution in [2.45, 2.75) is 25.5 Å². The van der Waals surface area contributed by atoms with Crippen molar-refractivity contribution in [3.8, 4) is 11.1 Å². The summed E-state index contributed by atoms with van der Waals surface area (Å²) < 4.78 is 17.7. The fourth-order valence-corrected chi connectivity index (χ4v) is 4.17. The highest BCUT2D eigenvalue weighted by molar-refractivity contribution is 7.40. The molecule has 0 aliphatic carbocycles. The van der Waals surface area contributed by atoms with Crippen LogP contribution >= 0.6 is 8.03 Å². The summed E-state index contributed by atoms with van der Waals surface area (Å²) in [6.07, 6.45) is 0.824. The lowest BCUT2D eigenvalue weighted by atomic mass is 10.0. The Hall–Kier alpha value is -2.43. The zero-order valence-corrected chi connectivity index (χ0v) is 15.8. The van der Waals surface area contributed by atoms with Crippen LogP contribution in [0, 0.1) is 0 Å². The van der Waals surface area contributed by atoms with Crippen molar-refractivity contribution < 1.29 is 23.8 Å². The van der Waals surface area contributed by atoms with Gasteiger partial charge in [0.2, 0.25) is 13.9 Å². The number of hydrogen-bond acceptors (Lipinski definition) is 4. The first-order valence-corrected chi connectivity index (χ1v) is 10.4. The third-order valence-corrected chi connectivity index (χ3v) is 5.70. The van der Waals surface area contributed by atoms with Gasteiger partial charge in [0.05, 0.1) is 6.61 Å². The monoisotopic (exact) mass is 387 g/mol. The van der Waals surface area contributed by atoms with Crippen LogP contribution in [-0.4, -0.2) is 40.6 Å². The molecule has 2 atom stereocenters. The molecule has 1 heterocycles. The van der Waals surface area contributed by atoms with Gasteiger partial charge in [-0.05, 0) is 29.5 Å². The third-order valence-electron chi connectivity index (χ3n) is 4.64. The Labute approximate surface area is 158 Å². The smallest absolute Gasteiger partial charge is 0.326 e. The second-order valence-electron chi connectivity index (χ2n) is 6.44. The van der Waals surface area contributed by atoms with Gasteiger partial charge in [-0.25, -0.2) is 4.79 Å². The number of nitrogens with zero attached hydrogens (tertiary/aromatic N) is 1. The van der Waals surface area contributed by atoms with Crippen molar-refractivity contribution in [3.63, 3.8) is 0 Å². The van der Waals surface area contributed by atoms with Crippen molar-refractivity contribution in [2.24, 2.45) is 0 Å². The summed E-state index contributed by atoms with van der Waals surface area (Å²) in [6, 6.07) is 16.7. The number of hydrogen-bond donors (Lipinski definition) is 1. The average Bonchev–Trinajstić information content (AvgIpc) is 3.18. The number of carbonyl (C=O) groups is 2. The van der Waals surface area contributed by atoms with Crippen molar-refractivity contribution >= 4 is 19.9 Å². The average molecular weight is 387 g/mol. The van der Waals surface area contributed by atoms with Crippen LogP contribution in [-0.2, 0) is 25.3 Å². The molecule has 1 amide bonds. The summed E-state index contributed by atoms with van der Waals surface area (Å²) in [6.45, 7) is 0.528. The summed E-state index contributed by atoms with van der Waals surface area (Å²) >= 11 is 0. The van der Waals surface area contributed by atoms with Crippen molar-refractivity contribution in [3.05, 3.63) is 60.2 Å². The van der Waals surface area contributed by atoms with Gasteiger partial charge < -0.3 is 14.5 Å². The molecule has 1 N–H and O–H groups in total. The lowest BCUT2D eigenvalue weighted by Gasteiger charge is -2.21. The lowest BCUT2D eigenvalue weighted by Crippen LogP contribution is -2.41. The minimum Gasteiger partial charge on any atom is -0.480 e. The highest BCUT2D eigenvalue weighted by Gasteiger charge is 2.34. The molecule has 1 aliphatic heterocycles. The van der Waals surface area contributed by atoms with E-state index in [2.05, 4.69) is 0 Å². The highest BCUT2D eigenvalue weighted by atomic mass is 31.1. The zero-order valence-electron chi connectivity index (χ0n) is 14.8. The summed E-state index contributed by atoms with van der Waals surface area (Å²) in [5.74, 6) is -1.43. The van der Waals surface area contributed by atoms with Crippen molar-refractivity contribution in [1.82, 2.24) is 4.90 Å². The Morgan fingerprint density at radius 1 is 1.11 bits per heavy atom. The number of carboxylic acids is 1. The molecular weight excluding hydrogens is 365 g/mol. The summed E-state index contributed by atoms with van der Waals surface area (Å²) in [4.78, 5) is 24.8. The van der Waals surface area contributed by atoms with Gasteiger partial charge in [-0.3, -0.25) is 9.36 Å². The van der Waals surface area contributed by atoms with Gasteiger partial charge in [-0.2, -0.15) is 0 Å². The van der Waals surface area contributed by atoms with Gasteiger partial charge in [0, 0.05) is 6.54 Å². The molecule has 142 valence electrons. The van der Waals surface area contributed by atoms with Crippen LogP contribution in [0.25, 0.3) is 11.1 Å².